The molecule has 2 aromatic carbocycles. The molecule has 0 spiro atoms. The van der Waals surface area contributed by atoms with Crippen molar-refractivity contribution >= 4 is 6.21 Å². The van der Waals surface area contributed by atoms with Gasteiger partial charge in [0.2, 0.25) is 0 Å². The molecule has 0 amide bonds. The molecular formula is C18H21NO3. The lowest BCUT2D eigenvalue weighted by Gasteiger charge is -2.12. The molecule has 0 bridgehead atoms. The number of hydrogen-bond donors (Lipinski definition) is 1. The normalized spacial score (nSPS) is 12.3. The fourth-order valence-electron chi connectivity index (χ4n) is 2.20. The summed E-state index contributed by atoms with van der Waals surface area (Å²) in [5, 5.41) is 10.2. The minimum atomic E-state index is -0.0775. The van der Waals surface area contributed by atoms with E-state index in [1.807, 2.05) is 44.2 Å². The second kappa shape index (κ2) is 7.50. The molecule has 0 fully saturated rings. The molecule has 22 heavy (non-hydrogen) atoms. The van der Waals surface area contributed by atoms with E-state index in [0.29, 0.717) is 17.9 Å². The molecule has 0 unspecified atom stereocenters. The molecule has 0 saturated heterocycles. The molecule has 116 valence electrons. The van der Waals surface area contributed by atoms with Crippen LogP contribution in [0.5, 0.6) is 17.2 Å². The third kappa shape index (κ3) is 3.58. The summed E-state index contributed by atoms with van der Waals surface area (Å²) in [7, 11) is 1.65. The van der Waals surface area contributed by atoms with E-state index in [4.69, 9.17) is 9.47 Å². The Morgan fingerprint density at radius 1 is 1.14 bits per heavy atom. The number of nitrogens with zero attached hydrogens (tertiary/aromatic N) is 1. The van der Waals surface area contributed by atoms with E-state index in [1.165, 1.54) is 0 Å². The molecule has 2 rings (SSSR count). The molecule has 0 heterocycles. The number of aromatic hydroxyl groups is 1. The van der Waals surface area contributed by atoms with E-state index in [1.54, 1.807) is 25.5 Å². The Bertz CT molecular complexity index is 653. The van der Waals surface area contributed by atoms with Crippen molar-refractivity contribution in [1.82, 2.24) is 0 Å². The van der Waals surface area contributed by atoms with Crippen LogP contribution in [0, 0.1) is 0 Å². The third-order valence-electron chi connectivity index (χ3n) is 3.36. The monoisotopic (exact) mass is 299 g/mol. The molecule has 1 N–H and O–H groups in total. The Hall–Kier alpha value is -2.49. The fraction of sp³-hybridized carbons (Fsp3) is 0.278. The lowest BCUT2D eigenvalue weighted by Crippen LogP contribution is -1.97. The maximum absolute atomic E-state index is 10.2. The number of benzene rings is 2. The van der Waals surface area contributed by atoms with Gasteiger partial charge in [0, 0.05) is 17.3 Å². The summed E-state index contributed by atoms with van der Waals surface area (Å²) < 4.78 is 10.7. The number of ether oxygens (including phenoxy) is 2. The predicted octanol–water partition coefficient (Wildman–Crippen LogP) is 3.98. The van der Waals surface area contributed by atoms with Gasteiger partial charge >= 0.3 is 0 Å². The largest absolute Gasteiger partial charge is 0.504 e. The standard InChI is InChI=1S/C18H21NO3/c1-4-22-17-11-7-8-14(18(17)20)12-19-13(2)15-9-5-6-10-16(15)21-3/h5-13,20H,4H2,1-3H3/t13-/m0/s1. The van der Waals surface area contributed by atoms with Crippen LogP contribution >= 0.6 is 0 Å². The van der Waals surface area contributed by atoms with Crippen LogP contribution in [0.4, 0.5) is 0 Å². The molecule has 0 aliphatic carbocycles. The highest BCUT2D eigenvalue weighted by Gasteiger charge is 2.10. The quantitative estimate of drug-likeness (QED) is 0.821. The average molecular weight is 299 g/mol. The Morgan fingerprint density at radius 3 is 2.59 bits per heavy atom. The Morgan fingerprint density at radius 2 is 1.86 bits per heavy atom. The zero-order valence-corrected chi connectivity index (χ0v) is 13.1. The number of rotatable bonds is 6. The van der Waals surface area contributed by atoms with Gasteiger partial charge in [0.05, 0.1) is 19.8 Å². The summed E-state index contributed by atoms with van der Waals surface area (Å²) in [5.74, 6) is 1.39. The van der Waals surface area contributed by atoms with Crippen molar-refractivity contribution in [3.05, 3.63) is 53.6 Å². The second-order valence-electron chi connectivity index (χ2n) is 4.82. The summed E-state index contributed by atoms with van der Waals surface area (Å²) in [6.45, 7) is 4.37. The Kier molecular flexibility index (Phi) is 5.42. The van der Waals surface area contributed by atoms with Crippen molar-refractivity contribution in [2.24, 2.45) is 4.99 Å². The van der Waals surface area contributed by atoms with Crippen molar-refractivity contribution < 1.29 is 14.6 Å². The summed E-state index contributed by atoms with van der Waals surface area (Å²) in [4.78, 5) is 4.51. The lowest BCUT2D eigenvalue weighted by atomic mass is 10.1. The van der Waals surface area contributed by atoms with Crippen LogP contribution in [-0.2, 0) is 0 Å². The molecule has 0 aromatic heterocycles. The molecule has 1 atom stereocenters. The first-order valence-electron chi connectivity index (χ1n) is 7.28. The minimum Gasteiger partial charge on any atom is -0.504 e. The highest BCUT2D eigenvalue weighted by atomic mass is 16.5. The van der Waals surface area contributed by atoms with E-state index in [2.05, 4.69) is 4.99 Å². The zero-order valence-electron chi connectivity index (χ0n) is 13.1. The summed E-state index contributed by atoms with van der Waals surface area (Å²) in [6.07, 6.45) is 1.66. The highest BCUT2D eigenvalue weighted by Crippen LogP contribution is 2.30. The van der Waals surface area contributed by atoms with E-state index >= 15 is 0 Å². The predicted molar refractivity (Wildman–Crippen MR) is 88.3 cm³/mol. The molecule has 2 aromatic rings. The van der Waals surface area contributed by atoms with Gasteiger partial charge in [0.15, 0.2) is 11.5 Å². The van der Waals surface area contributed by atoms with Crippen LogP contribution < -0.4 is 9.47 Å². The SMILES string of the molecule is CCOc1cccc(C=N[C@@H](C)c2ccccc2OC)c1O. The van der Waals surface area contributed by atoms with Crippen LogP contribution in [0.25, 0.3) is 0 Å². The Balaban J connectivity index is 2.23. The van der Waals surface area contributed by atoms with E-state index < -0.39 is 0 Å². The van der Waals surface area contributed by atoms with Crippen LogP contribution in [0.2, 0.25) is 0 Å². The number of hydrogen-bond acceptors (Lipinski definition) is 4. The van der Waals surface area contributed by atoms with Crippen LogP contribution in [0.15, 0.2) is 47.5 Å². The van der Waals surface area contributed by atoms with Crippen molar-refractivity contribution in [2.75, 3.05) is 13.7 Å². The molecule has 0 radical (unpaired) electrons. The van der Waals surface area contributed by atoms with Gasteiger partial charge < -0.3 is 14.6 Å². The Labute approximate surface area is 131 Å². The first-order chi connectivity index (χ1) is 10.7. The topological polar surface area (TPSA) is 51.0 Å². The molecule has 0 saturated carbocycles. The van der Waals surface area contributed by atoms with Gasteiger partial charge in [0.1, 0.15) is 5.75 Å². The smallest absolute Gasteiger partial charge is 0.166 e. The van der Waals surface area contributed by atoms with Crippen molar-refractivity contribution in [3.63, 3.8) is 0 Å². The first kappa shape index (κ1) is 15.9. The first-order valence-corrected chi connectivity index (χ1v) is 7.28. The lowest BCUT2D eigenvalue weighted by molar-refractivity contribution is 0.318. The number of para-hydroxylation sites is 2. The number of methoxy groups -OCH3 is 1. The summed E-state index contributed by atoms with van der Waals surface area (Å²) in [6, 6.07) is 13.1. The minimum absolute atomic E-state index is 0.0775. The molecule has 0 aliphatic heterocycles. The van der Waals surface area contributed by atoms with Crippen LogP contribution in [0.3, 0.4) is 0 Å². The van der Waals surface area contributed by atoms with Crippen LogP contribution in [-0.4, -0.2) is 25.0 Å². The molecule has 0 aliphatic rings. The van der Waals surface area contributed by atoms with Crippen molar-refractivity contribution in [1.29, 1.82) is 0 Å². The number of phenolic OH excluding ortho intramolecular Hbond substituents is 1. The molecule has 4 heteroatoms. The maximum atomic E-state index is 10.2. The summed E-state index contributed by atoms with van der Waals surface area (Å²) >= 11 is 0. The average Bonchev–Trinajstić information content (AvgIpc) is 2.55. The number of aliphatic imine (C=N–C) groups is 1. The van der Waals surface area contributed by atoms with Gasteiger partial charge in [0.25, 0.3) is 0 Å². The third-order valence-corrected chi connectivity index (χ3v) is 3.36. The van der Waals surface area contributed by atoms with Gasteiger partial charge in [-0.25, -0.2) is 0 Å². The number of phenols is 1. The van der Waals surface area contributed by atoms with Crippen molar-refractivity contribution in [3.8, 4) is 17.2 Å². The molecular weight excluding hydrogens is 278 g/mol. The van der Waals surface area contributed by atoms with Crippen molar-refractivity contribution in [2.45, 2.75) is 19.9 Å². The van der Waals surface area contributed by atoms with Gasteiger partial charge in [-0.05, 0) is 32.0 Å². The highest BCUT2D eigenvalue weighted by molar-refractivity contribution is 5.85. The van der Waals surface area contributed by atoms with E-state index in [-0.39, 0.29) is 11.8 Å². The molecule has 4 nitrogen and oxygen atoms in total. The van der Waals surface area contributed by atoms with Gasteiger partial charge in [-0.3, -0.25) is 4.99 Å². The zero-order chi connectivity index (χ0) is 15.9. The van der Waals surface area contributed by atoms with Crippen LogP contribution in [0.1, 0.15) is 31.0 Å². The van der Waals surface area contributed by atoms with Gasteiger partial charge in [-0.2, -0.15) is 0 Å². The maximum Gasteiger partial charge on any atom is 0.166 e. The second-order valence-corrected chi connectivity index (χ2v) is 4.82. The summed E-state index contributed by atoms with van der Waals surface area (Å²) in [5.41, 5.74) is 1.63. The van der Waals surface area contributed by atoms with E-state index in [0.717, 1.165) is 11.3 Å². The van der Waals surface area contributed by atoms with E-state index in [9.17, 15) is 5.11 Å². The van der Waals surface area contributed by atoms with Gasteiger partial charge in [-0.1, -0.05) is 24.3 Å². The van der Waals surface area contributed by atoms with Gasteiger partial charge in [-0.15, -0.1) is 0 Å². The fourth-order valence-corrected chi connectivity index (χ4v) is 2.20.